The fourth-order valence-electron chi connectivity index (χ4n) is 1.20. The fraction of sp³-hybridized carbons (Fsp3) is 0.0714. The van der Waals surface area contributed by atoms with Gasteiger partial charge in [0.1, 0.15) is 23.6 Å². The average molecular weight is 252 g/mol. The Hall–Kier alpha value is -3.05. The Labute approximate surface area is 111 Å². The lowest BCUT2D eigenvalue weighted by atomic mass is 10.2. The number of hydrogen-bond acceptors (Lipinski definition) is 5. The molecule has 5 nitrogen and oxygen atoms in total. The maximum Gasteiger partial charge on any atom is 0.174 e. The van der Waals surface area contributed by atoms with Crippen molar-refractivity contribution < 1.29 is 4.74 Å². The van der Waals surface area contributed by atoms with Crippen molar-refractivity contribution in [1.29, 1.82) is 10.5 Å². The third-order valence-corrected chi connectivity index (χ3v) is 2.18. The molecule has 1 aromatic rings. The summed E-state index contributed by atoms with van der Waals surface area (Å²) in [5.74, 6) is 0.780. The minimum absolute atomic E-state index is 0.0955. The molecule has 0 fully saturated rings. The summed E-state index contributed by atoms with van der Waals surface area (Å²) in [6.45, 7) is 0. The molecule has 0 bridgehead atoms. The molecular formula is C14H12N4O. The SMILES string of the molecule is COc1ccc(\C=C/C=N\C(C#N)=C(/N)C#N)cc1. The van der Waals surface area contributed by atoms with Crippen LogP contribution >= 0.6 is 0 Å². The molecule has 0 aliphatic heterocycles. The predicted octanol–water partition coefficient (Wildman–Crippen LogP) is 2.00. The van der Waals surface area contributed by atoms with Crippen LogP contribution in [0.25, 0.3) is 6.08 Å². The third kappa shape index (κ3) is 4.37. The highest BCUT2D eigenvalue weighted by Crippen LogP contribution is 2.11. The van der Waals surface area contributed by atoms with Gasteiger partial charge in [0.2, 0.25) is 0 Å². The largest absolute Gasteiger partial charge is 0.497 e. The highest BCUT2D eigenvalue weighted by molar-refractivity contribution is 5.79. The van der Waals surface area contributed by atoms with Gasteiger partial charge in [0.15, 0.2) is 5.70 Å². The van der Waals surface area contributed by atoms with E-state index in [0.29, 0.717) is 0 Å². The predicted molar refractivity (Wildman–Crippen MR) is 73.0 cm³/mol. The highest BCUT2D eigenvalue weighted by Gasteiger charge is 1.96. The molecule has 5 heteroatoms. The molecular weight excluding hydrogens is 240 g/mol. The molecule has 0 unspecified atom stereocenters. The molecule has 0 spiro atoms. The van der Waals surface area contributed by atoms with Gasteiger partial charge in [0, 0.05) is 6.21 Å². The van der Waals surface area contributed by atoms with Gasteiger partial charge in [-0.05, 0) is 23.8 Å². The highest BCUT2D eigenvalue weighted by atomic mass is 16.5. The van der Waals surface area contributed by atoms with Crippen LogP contribution in [-0.4, -0.2) is 13.3 Å². The third-order valence-electron chi connectivity index (χ3n) is 2.18. The Morgan fingerprint density at radius 2 is 1.95 bits per heavy atom. The molecule has 0 saturated carbocycles. The number of hydrogen-bond donors (Lipinski definition) is 1. The van der Waals surface area contributed by atoms with E-state index in [-0.39, 0.29) is 11.4 Å². The molecule has 19 heavy (non-hydrogen) atoms. The Balaban J connectivity index is 2.73. The molecule has 1 rings (SSSR count). The summed E-state index contributed by atoms with van der Waals surface area (Å²) in [6, 6.07) is 10.9. The van der Waals surface area contributed by atoms with Crippen molar-refractivity contribution in [3.63, 3.8) is 0 Å². The lowest BCUT2D eigenvalue weighted by Crippen LogP contribution is -1.97. The first-order valence-corrected chi connectivity index (χ1v) is 5.36. The second-order valence-corrected chi connectivity index (χ2v) is 3.40. The summed E-state index contributed by atoms with van der Waals surface area (Å²) < 4.78 is 5.04. The van der Waals surface area contributed by atoms with Crippen molar-refractivity contribution in [3.8, 4) is 17.9 Å². The molecule has 1 aromatic carbocycles. The van der Waals surface area contributed by atoms with Crippen LogP contribution in [0.3, 0.4) is 0 Å². The van der Waals surface area contributed by atoms with Crippen LogP contribution in [0, 0.1) is 22.7 Å². The van der Waals surface area contributed by atoms with Crippen LogP contribution in [-0.2, 0) is 0 Å². The van der Waals surface area contributed by atoms with Crippen LogP contribution in [0.15, 0.2) is 46.7 Å². The normalized spacial score (nSPS) is 11.9. The molecule has 0 aliphatic carbocycles. The topological polar surface area (TPSA) is 95.2 Å². The minimum Gasteiger partial charge on any atom is -0.497 e. The average Bonchev–Trinajstić information content (AvgIpc) is 2.47. The lowest BCUT2D eigenvalue weighted by Gasteiger charge is -1.98. The van der Waals surface area contributed by atoms with Gasteiger partial charge < -0.3 is 10.5 Å². The van der Waals surface area contributed by atoms with Crippen molar-refractivity contribution in [1.82, 2.24) is 0 Å². The van der Waals surface area contributed by atoms with Crippen molar-refractivity contribution in [2.45, 2.75) is 0 Å². The van der Waals surface area contributed by atoms with E-state index in [2.05, 4.69) is 4.99 Å². The fourth-order valence-corrected chi connectivity index (χ4v) is 1.20. The Kier molecular flexibility index (Phi) is 5.39. The van der Waals surface area contributed by atoms with Crippen molar-refractivity contribution >= 4 is 12.3 Å². The first-order chi connectivity index (χ1) is 9.21. The van der Waals surface area contributed by atoms with Gasteiger partial charge in [0.25, 0.3) is 0 Å². The Bertz CT molecular complexity index is 598. The van der Waals surface area contributed by atoms with Crippen LogP contribution in [0.2, 0.25) is 0 Å². The maximum atomic E-state index is 8.71. The molecule has 0 radical (unpaired) electrons. The molecule has 0 aliphatic rings. The van der Waals surface area contributed by atoms with E-state index in [1.54, 1.807) is 31.4 Å². The van der Waals surface area contributed by atoms with E-state index < -0.39 is 0 Å². The smallest absolute Gasteiger partial charge is 0.174 e. The van der Waals surface area contributed by atoms with E-state index in [1.165, 1.54) is 6.21 Å². The summed E-state index contributed by atoms with van der Waals surface area (Å²) in [5, 5.41) is 17.2. The maximum absolute atomic E-state index is 8.71. The van der Waals surface area contributed by atoms with Crippen molar-refractivity contribution in [3.05, 3.63) is 47.3 Å². The van der Waals surface area contributed by atoms with Crippen LogP contribution in [0.1, 0.15) is 5.56 Å². The molecule has 94 valence electrons. The monoisotopic (exact) mass is 252 g/mol. The van der Waals surface area contributed by atoms with Gasteiger partial charge in [-0.25, -0.2) is 4.99 Å². The quantitative estimate of drug-likeness (QED) is 0.654. The molecule has 0 amide bonds. The second kappa shape index (κ2) is 7.31. The van der Waals surface area contributed by atoms with E-state index in [4.69, 9.17) is 21.0 Å². The number of nitriles is 2. The molecule has 0 atom stereocenters. The van der Waals surface area contributed by atoms with Gasteiger partial charge in [-0.2, -0.15) is 10.5 Å². The van der Waals surface area contributed by atoms with Gasteiger partial charge >= 0.3 is 0 Å². The number of nitrogens with zero attached hydrogens (tertiary/aromatic N) is 3. The van der Waals surface area contributed by atoms with Gasteiger partial charge in [0.05, 0.1) is 7.11 Å². The summed E-state index contributed by atoms with van der Waals surface area (Å²) >= 11 is 0. The van der Waals surface area contributed by atoms with Crippen LogP contribution < -0.4 is 10.5 Å². The van der Waals surface area contributed by atoms with Crippen molar-refractivity contribution in [2.75, 3.05) is 7.11 Å². The summed E-state index contributed by atoms with van der Waals surface area (Å²) in [6.07, 6.45) is 4.87. The van der Waals surface area contributed by atoms with Crippen molar-refractivity contribution in [2.24, 2.45) is 10.7 Å². The summed E-state index contributed by atoms with van der Waals surface area (Å²) in [7, 11) is 1.60. The number of nitrogens with two attached hydrogens (primary N) is 1. The van der Waals surface area contributed by atoms with Gasteiger partial charge in [-0.1, -0.05) is 18.2 Å². The Morgan fingerprint density at radius 3 is 2.47 bits per heavy atom. The summed E-state index contributed by atoms with van der Waals surface area (Å²) in [4.78, 5) is 3.80. The van der Waals surface area contributed by atoms with E-state index >= 15 is 0 Å². The molecule has 2 N–H and O–H groups in total. The number of allylic oxidation sites excluding steroid dienone is 3. The molecule has 0 aromatic heterocycles. The number of aliphatic imine (C=N–C) groups is 1. The standard InChI is InChI=1S/C14H12N4O/c1-19-12-6-4-11(5-7-12)3-2-8-18-14(10-16)13(17)9-15/h2-8H,17H2,1H3/b3-2-,14-13-,18-8-. The summed E-state index contributed by atoms with van der Waals surface area (Å²) in [5.41, 5.74) is 5.97. The Morgan fingerprint density at radius 1 is 1.26 bits per heavy atom. The minimum atomic E-state index is -0.198. The van der Waals surface area contributed by atoms with Crippen LogP contribution in [0.5, 0.6) is 5.75 Å². The first-order valence-electron chi connectivity index (χ1n) is 5.36. The number of rotatable bonds is 4. The van der Waals surface area contributed by atoms with E-state index in [1.807, 2.05) is 24.3 Å². The second-order valence-electron chi connectivity index (χ2n) is 3.40. The zero-order valence-electron chi connectivity index (χ0n) is 10.4. The zero-order chi connectivity index (χ0) is 14.1. The van der Waals surface area contributed by atoms with Crippen LogP contribution in [0.4, 0.5) is 0 Å². The van der Waals surface area contributed by atoms with Gasteiger partial charge in [-0.3, -0.25) is 0 Å². The molecule has 0 heterocycles. The number of methoxy groups -OCH3 is 1. The zero-order valence-corrected chi connectivity index (χ0v) is 10.4. The molecule has 0 saturated heterocycles. The number of benzene rings is 1. The van der Waals surface area contributed by atoms with E-state index in [9.17, 15) is 0 Å². The first kappa shape index (κ1) is 14.0. The van der Waals surface area contributed by atoms with E-state index in [0.717, 1.165) is 11.3 Å². The number of ether oxygens (including phenoxy) is 1. The lowest BCUT2D eigenvalue weighted by molar-refractivity contribution is 0.415. The van der Waals surface area contributed by atoms with Gasteiger partial charge in [-0.15, -0.1) is 0 Å².